The molecular formula is C107H123BrN2O26. The molecule has 0 radical (unpaired) electrons. The molecule has 0 bridgehead atoms. The van der Waals surface area contributed by atoms with Gasteiger partial charge in [0.2, 0.25) is 0 Å². The summed E-state index contributed by atoms with van der Waals surface area (Å²) in [6, 6.07) is 52.7. The standard InChI is InChI=1S/C38H52O8.C35H37NO9.C34H34BrNO9/c1-3-37(39)43-27-11-7-5-9-25-41-33-17-13-31(14-18-33)29-45-35-21-23-36(24-22-35)46-30-32-15-19-34(20-16-32)42-26-10-6-8-12-28-44-38(40)4-2;1-4-32(37)43-22-8-6-20-41-28-14-10-26(11-15-28)34(39)36-31-19-18-30(24-25(31)3)45-35(40)27-12-16-29(17-13-27)42-21-7-9-23-44-33(38)5-2;1-3-31(37)43-21-7-5-19-41-26-13-9-24(10-14-26)33(39)36-30-18-17-28(23-29(30)35)45-34(40)25-11-15-27(16-12-25)42-20-6-8-22-44-32(38)4-2/h3-4,13-20,35-36H,1-2,5-12,21-30H2;4-5,10-19,24H,1-2,6-9,20-23H2,3H3,(H,36,39);3-4,9-18,23H,1-2,5-8,19-22H2,(H,36,39). The van der Waals surface area contributed by atoms with Crippen LogP contribution >= 0.6 is 15.9 Å². The third kappa shape index (κ3) is 45.2. The van der Waals surface area contributed by atoms with Crippen molar-refractivity contribution in [2.45, 2.75) is 161 Å². The number of hydrogen-bond acceptors (Lipinski definition) is 26. The van der Waals surface area contributed by atoms with E-state index in [2.05, 4.69) is 90.3 Å². The van der Waals surface area contributed by atoms with E-state index in [-0.39, 0.29) is 36.0 Å². The van der Waals surface area contributed by atoms with Crippen LogP contribution in [0, 0.1) is 6.92 Å². The topological polar surface area (TPSA) is 342 Å². The average Bonchev–Trinajstić information content (AvgIpc) is 0.840. The largest absolute Gasteiger partial charge is 0.494 e. The smallest absolute Gasteiger partial charge is 0.343 e. The van der Waals surface area contributed by atoms with E-state index < -0.39 is 35.8 Å². The van der Waals surface area contributed by atoms with E-state index in [1.807, 2.05) is 24.3 Å². The Morgan fingerprint density at radius 3 is 0.787 bits per heavy atom. The zero-order valence-electron chi connectivity index (χ0n) is 77.2. The first-order valence-electron chi connectivity index (χ1n) is 45.4. The third-order valence-corrected chi connectivity index (χ3v) is 20.9. The van der Waals surface area contributed by atoms with Crippen molar-refractivity contribution >= 4 is 86.9 Å². The Morgan fingerprint density at radius 2 is 0.515 bits per heavy atom. The molecule has 724 valence electrons. The summed E-state index contributed by atoms with van der Waals surface area (Å²) in [5.74, 6) is 0.619. The third-order valence-electron chi connectivity index (χ3n) is 20.2. The fourth-order valence-electron chi connectivity index (χ4n) is 12.6. The number of aryl methyl sites for hydroxylation is 1. The second kappa shape index (κ2) is 64.9. The highest BCUT2D eigenvalue weighted by atomic mass is 79.9. The molecule has 136 heavy (non-hydrogen) atoms. The monoisotopic (exact) mass is 1930 g/mol. The number of carbonyl (C=O) groups excluding carboxylic acids is 10. The summed E-state index contributed by atoms with van der Waals surface area (Å²) in [6.07, 6.45) is 24.6. The minimum atomic E-state index is -0.548. The Balaban J connectivity index is 0.000000278. The first-order chi connectivity index (χ1) is 66.1. The number of hydrogen-bond donors (Lipinski definition) is 2. The molecule has 0 aliphatic heterocycles. The van der Waals surface area contributed by atoms with Crippen LogP contribution in [0.1, 0.15) is 187 Å². The molecule has 8 aromatic carbocycles. The minimum absolute atomic E-state index is 0.266. The highest BCUT2D eigenvalue weighted by Gasteiger charge is 2.24. The Labute approximate surface area is 804 Å². The van der Waals surface area contributed by atoms with Gasteiger partial charge < -0.3 is 86.4 Å². The first-order valence-corrected chi connectivity index (χ1v) is 46.2. The number of amides is 2. The van der Waals surface area contributed by atoms with Crippen molar-refractivity contribution in [2.24, 2.45) is 0 Å². The van der Waals surface area contributed by atoms with E-state index in [0.29, 0.717) is 216 Å². The molecule has 2 amide bonds. The predicted molar refractivity (Wildman–Crippen MR) is 519 cm³/mol. The molecule has 8 aromatic rings. The molecule has 1 fully saturated rings. The van der Waals surface area contributed by atoms with Crippen LogP contribution in [0.4, 0.5) is 11.4 Å². The van der Waals surface area contributed by atoms with Gasteiger partial charge in [-0.15, -0.1) is 0 Å². The molecule has 1 saturated carbocycles. The second-order valence-electron chi connectivity index (χ2n) is 30.7. The van der Waals surface area contributed by atoms with E-state index >= 15 is 0 Å². The lowest BCUT2D eigenvalue weighted by molar-refractivity contribution is -0.138. The van der Waals surface area contributed by atoms with Gasteiger partial charge in [0.15, 0.2) is 0 Å². The first kappa shape index (κ1) is 109. The number of ether oxygens (including phenoxy) is 16. The molecular weight excluding hydrogens is 1810 g/mol. The Bertz CT molecular complexity index is 4750. The van der Waals surface area contributed by atoms with Gasteiger partial charge >= 0.3 is 47.8 Å². The molecule has 0 unspecified atom stereocenters. The number of nitrogens with one attached hydrogen (secondary N) is 2. The highest BCUT2D eigenvalue weighted by molar-refractivity contribution is 9.10. The number of benzene rings is 8. The Kier molecular flexibility index (Phi) is 52.0. The molecule has 1 aliphatic rings. The maximum absolute atomic E-state index is 12.8. The van der Waals surface area contributed by atoms with Crippen LogP contribution in [0.3, 0.4) is 0 Å². The lowest BCUT2D eigenvalue weighted by Gasteiger charge is -2.28. The average molecular weight is 1930 g/mol. The van der Waals surface area contributed by atoms with Gasteiger partial charge in [0.25, 0.3) is 11.8 Å². The van der Waals surface area contributed by atoms with Gasteiger partial charge in [-0.3, -0.25) is 9.59 Å². The molecule has 29 heteroatoms. The molecule has 2 N–H and O–H groups in total. The quantitative estimate of drug-likeness (QED) is 0.0118. The number of halogens is 1. The number of anilines is 2. The van der Waals surface area contributed by atoms with E-state index in [1.54, 1.807) is 140 Å². The van der Waals surface area contributed by atoms with Crippen molar-refractivity contribution < 1.29 is 124 Å². The minimum Gasteiger partial charge on any atom is -0.494 e. The van der Waals surface area contributed by atoms with E-state index in [0.717, 1.165) is 130 Å². The summed E-state index contributed by atoms with van der Waals surface area (Å²) in [5.41, 5.74) is 5.68. The molecule has 9 rings (SSSR count). The van der Waals surface area contributed by atoms with Crippen LogP contribution in [0.15, 0.2) is 262 Å². The van der Waals surface area contributed by atoms with Crippen LogP contribution < -0.4 is 48.5 Å². The maximum Gasteiger partial charge on any atom is 0.343 e. The van der Waals surface area contributed by atoms with Crippen molar-refractivity contribution in [1.82, 2.24) is 0 Å². The number of esters is 8. The summed E-state index contributed by atoms with van der Waals surface area (Å²) >= 11 is 3.42. The predicted octanol–water partition coefficient (Wildman–Crippen LogP) is 21.0. The van der Waals surface area contributed by atoms with Crippen molar-refractivity contribution in [1.29, 1.82) is 0 Å². The Morgan fingerprint density at radius 1 is 0.287 bits per heavy atom. The molecule has 0 heterocycles. The zero-order chi connectivity index (χ0) is 97.5. The van der Waals surface area contributed by atoms with Gasteiger partial charge in [0.1, 0.15) is 46.0 Å². The number of unbranched alkanes of at least 4 members (excludes halogenated alkanes) is 10. The van der Waals surface area contributed by atoms with E-state index in [4.69, 9.17) is 75.8 Å². The zero-order valence-corrected chi connectivity index (χ0v) is 78.8. The molecule has 0 aromatic heterocycles. The molecule has 0 saturated heterocycles. The Hall–Kier alpha value is -13.9. The number of rotatable bonds is 60. The van der Waals surface area contributed by atoms with Crippen LogP contribution in [0.25, 0.3) is 0 Å². The van der Waals surface area contributed by atoms with Gasteiger partial charge in [-0.25, -0.2) is 38.4 Å². The maximum atomic E-state index is 12.8. The summed E-state index contributed by atoms with van der Waals surface area (Å²) in [5, 5.41) is 5.70. The van der Waals surface area contributed by atoms with Crippen molar-refractivity contribution in [3.63, 3.8) is 0 Å². The normalized spacial score (nSPS) is 12.2. The molecule has 1 aliphatic carbocycles. The van der Waals surface area contributed by atoms with E-state index in [1.165, 1.54) is 12.2 Å². The van der Waals surface area contributed by atoms with Crippen molar-refractivity contribution in [3.8, 4) is 46.0 Å². The van der Waals surface area contributed by atoms with Crippen LogP contribution in [-0.2, 0) is 79.9 Å². The summed E-state index contributed by atoms with van der Waals surface area (Å²) in [6.45, 7) is 28.4. The fourth-order valence-corrected chi connectivity index (χ4v) is 13.1. The van der Waals surface area contributed by atoms with Gasteiger partial charge in [-0.2, -0.15) is 0 Å². The lowest BCUT2D eigenvalue weighted by Crippen LogP contribution is -2.26. The SMILES string of the molecule is C=CC(=O)OCCCCCCOc1ccc(COC2CCC(OCc3ccc(OCCCCCCOC(=O)C=C)cc3)CC2)cc1.C=CC(=O)OCCCCOc1ccc(C(=O)Nc2ccc(OC(=O)c3ccc(OCCCCOC(=O)C=C)cc3)cc2Br)cc1.C=CC(=O)OCCCCOc1ccc(C(=O)Nc2ccc(OC(=O)c3ccc(OCCCCOC(=O)C=C)cc3)cc2C)cc1. The molecule has 0 spiro atoms. The van der Waals surface area contributed by atoms with Crippen molar-refractivity contribution in [2.75, 3.05) is 89.9 Å². The van der Waals surface area contributed by atoms with Gasteiger partial charge in [0.05, 0.1) is 122 Å². The van der Waals surface area contributed by atoms with Crippen LogP contribution in [0.2, 0.25) is 0 Å². The van der Waals surface area contributed by atoms with Crippen molar-refractivity contribution in [3.05, 3.63) is 301 Å². The summed E-state index contributed by atoms with van der Waals surface area (Å²) < 4.78 is 88.0. The van der Waals surface area contributed by atoms with E-state index in [9.17, 15) is 47.9 Å². The van der Waals surface area contributed by atoms with Gasteiger partial charge in [0, 0.05) is 57.7 Å². The number of carbonyl (C=O) groups is 10. The van der Waals surface area contributed by atoms with Crippen LogP contribution in [0.5, 0.6) is 46.0 Å². The second-order valence-corrected chi connectivity index (χ2v) is 31.5. The lowest BCUT2D eigenvalue weighted by atomic mass is 9.95. The fraction of sp³-hybridized carbons (Fsp3) is 0.346. The molecule has 28 nitrogen and oxygen atoms in total. The summed E-state index contributed by atoms with van der Waals surface area (Å²) in [7, 11) is 0. The van der Waals surface area contributed by atoms with Crippen LogP contribution in [-0.4, -0.2) is 151 Å². The summed E-state index contributed by atoms with van der Waals surface area (Å²) in [4.78, 5) is 117. The van der Waals surface area contributed by atoms with Gasteiger partial charge in [-0.05, 0) is 326 Å². The molecule has 0 atom stereocenters. The highest BCUT2D eigenvalue weighted by Crippen LogP contribution is 2.32. The van der Waals surface area contributed by atoms with Gasteiger partial charge in [-0.1, -0.05) is 63.7 Å².